The highest BCUT2D eigenvalue weighted by atomic mass is 16.6. The summed E-state index contributed by atoms with van der Waals surface area (Å²) in [5.41, 5.74) is 2.71. The van der Waals surface area contributed by atoms with Gasteiger partial charge in [-0.2, -0.15) is 0 Å². The molecule has 2 aromatic rings. The largest absolute Gasteiger partial charge is 0.493 e. The molecule has 0 aromatic heterocycles. The van der Waals surface area contributed by atoms with Crippen molar-refractivity contribution in [2.24, 2.45) is 0 Å². The second-order valence-corrected chi connectivity index (χ2v) is 7.57. The van der Waals surface area contributed by atoms with Crippen molar-refractivity contribution in [3.8, 4) is 11.5 Å². The first-order valence-corrected chi connectivity index (χ1v) is 8.82. The maximum absolute atomic E-state index is 11.5. The molecule has 0 bridgehead atoms. The highest BCUT2D eigenvalue weighted by molar-refractivity contribution is 5.78. The predicted octanol–water partition coefficient (Wildman–Crippen LogP) is 4.44. The monoisotopic (exact) mass is 366 g/mol. The van der Waals surface area contributed by atoms with E-state index in [1.165, 1.54) is 18.7 Å². The van der Waals surface area contributed by atoms with Gasteiger partial charge in [0.2, 0.25) is 5.72 Å². The molecule has 1 spiro atoms. The number of aryl methyl sites for hydroxylation is 1. The lowest BCUT2D eigenvalue weighted by Gasteiger charge is -2.45. The summed E-state index contributed by atoms with van der Waals surface area (Å²) in [5, 5.41) is 11.5. The molecule has 4 rings (SSSR count). The van der Waals surface area contributed by atoms with E-state index in [1.807, 2.05) is 13.1 Å². The van der Waals surface area contributed by atoms with Crippen molar-refractivity contribution in [3.05, 3.63) is 63.2 Å². The molecular weight excluding hydrogens is 344 g/mol. The average Bonchev–Trinajstić information content (AvgIpc) is 2.80. The van der Waals surface area contributed by atoms with Crippen molar-refractivity contribution in [3.63, 3.8) is 0 Å². The lowest BCUT2D eigenvalue weighted by molar-refractivity contribution is -0.385. The second-order valence-electron chi connectivity index (χ2n) is 7.57. The van der Waals surface area contributed by atoms with Crippen molar-refractivity contribution < 1.29 is 14.4 Å². The van der Waals surface area contributed by atoms with Crippen LogP contribution in [0, 0.1) is 17.0 Å². The minimum Gasteiger partial charge on any atom is -0.493 e. The number of nitro groups is 1. The molecule has 2 aliphatic heterocycles. The van der Waals surface area contributed by atoms with Crippen LogP contribution < -0.4 is 14.4 Å². The Balaban J connectivity index is 1.95. The number of ether oxygens (including phenoxy) is 2. The lowest BCUT2D eigenvalue weighted by Crippen LogP contribution is -2.58. The second kappa shape index (κ2) is 5.49. The third-order valence-corrected chi connectivity index (χ3v) is 5.93. The number of para-hydroxylation sites is 1. The van der Waals surface area contributed by atoms with E-state index in [0.29, 0.717) is 17.1 Å². The predicted molar refractivity (Wildman–Crippen MR) is 105 cm³/mol. The third-order valence-electron chi connectivity index (χ3n) is 5.93. The van der Waals surface area contributed by atoms with Gasteiger partial charge in [0, 0.05) is 18.8 Å². The van der Waals surface area contributed by atoms with Crippen molar-refractivity contribution in [1.29, 1.82) is 0 Å². The molecule has 0 saturated carbocycles. The molecule has 0 amide bonds. The highest BCUT2D eigenvalue weighted by Crippen LogP contribution is 2.56. The number of fused-ring (bicyclic) bond motifs is 2. The van der Waals surface area contributed by atoms with E-state index in [0.717, 1.165) is 11.3 Å². The van der Waals surface area contributed by atoms with Crippen molar-refractivity contribution in [2.75, 3.05) is 19.1 Å². The zero-order valence-corrected chi connectivity index (χ0v) is 16.1. The van der Waals surface area contributed by atoms with Crippen LogP contribution in [0.4, 0.5) is 11.4 Å². The van der Waals surface area contributed by atoms with Gasteiger partial charge >= 0.3 is 0 Å². The summed E-state index contributed by atoms with van der Waals surface area (Å²) in [4.78, 5) is 13.2. The van der Waals surface area contributed by atoms with Crippen LogP contribution in [0.1, 0.15) is 30.5 Å². The molecule has 0 saturated heterocycles. The first kappa shape index (κ1) is 17.4. The molecular formula is C21H22N2O4. The molecule has 1 unspecified atom stereocenters. The molecule has 2 heterocycles. The zero-order valence-electron chi connectivity index (χ0n) is 16.1. The van der Waals surface area contributed by atoms with Gasteiger partial charge in [-0.05, 0) is 50.1 Å². The molecule has 0 radical (unpaired) electrons. The standard InChI is InChI=1S/C21H22N2O4/c1-13-7-6-8-15-18(13)22(4)21(20(15,2)3)12-11-14-16(23(24)25)9-10-17(26-5)19(14)27-21/h6-12H,1-5H3. The summed E-state index contributed by atoms with van der Waals surface area (Å²) >= 11 is 0. The van der Waals surface area contributed by atoms with E-state index in [9.17, 15) is 10.1 Å². The Hall–Kier alpha value is -3.02. The number of benzene rings is 2. The lowest BCUT2D eigenvalue weighted by atomic mass is 9.76. The number of nitro benzene ring substituents is 1. The van der Waals surface area contributed by atoms with Crippen LogP contribution in [0.25, 0.3) is 6.08 Å². The van der Waals surface area contributed by atoms with E-state index >= 15 is 0 Å². The molecule has 0 N–H and O–H groups in total. The minimum absolute atomic E-state index is 0.00375. The molecule has 0 fully saturated rings. The smallest absolute Gasteiger partial charge is 0.280 e. The van der Waals surface area contributed by atoms with Crippen LogP contribution in [0.15, 0.2) is 36.4 Å². The molecule has 2 aliphatic rings. The van der Waals surface area contributed by atoms with Crippen molar-refractivity contribution in [2.45, 2.75) is 31.9 Å². The highest BCUT2D eigenvalue weighted by Gasteiger charge is 2.58. The maximum Gasteiger partial charge on any atom is 0.280 e. The quantitative estimate of drug-likeness (QED) is 0.581. The van der Waals surface area contributed by atoms with Crippen LogP contribution in [0.2, 0.25) is 0 Å². The SMILES string of the molecule is COc1ccc([N+](=O)[O-])c2c1OC1(C=C2)N(C)c2c(C)cccc2C1(C)C. The number of anilines is 1. The van der Waals surface area contributed by atoms with Crippen LogP contribution >= 0.6 is 0 Å². The molecule has 1 atom stereocenters. The third kappa shape index (κ3) is 2.07. The topological polar surface area (TPSA) is 64.8 Å². The number of rotatable bonds is 2. The van der Waals surface area contributed by atoms with Crippen molar-refractivity contribution >= 4 is 17.5 Å². The van der Waals surface area contributed by atoms with Gasteiger partial charge in [0.25, 0.3) is 5.69 Å². The number of hydrogen-bond donors (Lipinski definition) is 0. The van der Waals surface area contributed by atoms with Gasteiger partial charge in [0.1, 0.15) is 0 Å². The molecule has 0 aliphatic carbocycles. The van der Waals surface area contributed by atoms with E-state index in [4.69, 9.17) is 9.47 Å². The molecule has 2 aromatic carbocycles. The molecule has 140 valence electrons. The molecule has 27 heavy (non-hydrogen) atoms. The fourth-order valence-electron chi connectivity index (χ4n) is 4.44. The van der Waals surface area contributed by atoms with Crippen LogP contribution in [0.5, 0.6) is 11.5 Å². The van der Waals surface area contributed by atoms with E-state index in [-0.39, 0.29) is 11.1 Å². The summed E-state index contributed by atoms with van der Waals surface area (Å²) < 4.78 is 12.0. The van der Waals surface area contributed by atoms with Gasteiger partial charge in [-0.3, -0.25) is 10.1 Å². The number of hydrogen-bond acceptors (Lipinski definition) is 5. The first-order chi connectivity index (χ1) is 12.7. The van der Waals surface area contributed by atoms with Gasteiger partial charge in [0.15, 0.2) is 11.5 Å². The Morgan fingerprint density at radius 1 is 1.22 bits per heavy atom. The fourth-order valence-corrected chi connectivity index (χ4v) is 4.44. The van der Waals surface area contributed by atoms with Gasteiger partial charge in [0.05, 0.1) is 23.0 Å². The fraction of sp³-hybridized carbons (Fsp3) is 0.333. The van der Waals surface area contributed by atoms with Crippen LogP contribution in [-0.2, 0) is 5.41 Å². The first-order valence-electron chi connectivity index (χ1n) is 8.82. The van der Waals surface area contributed by atoms with E-state index in [2.05, 4.69) is 43.9 Å². The molecule has 6 nitrogen and oxygen atoms in total. The summed E-state index contributed by atoms with van der Waals surface area (Å²) in [6.45, 7) is 6.35. The number of nitrogens with zero attached hydrogens (tertiary/aromatic N) is 2. The van der Waals surface area contributed by atoms with Gasteiger partial charge in [-0.15, -0.1) is 0 Å². The Morgan fingerprint density at radius 3 is 2.59 bits per heavy atom. The Bertz CT molecular complexity index is 996. The molecule has 6 heteroatoms. The summed E-state index contributed by atoms with van der Waals surface area (Å²) in [6.07, 6.45) is 3.72. The van der Waals surface area contributed by atoms with E-state index < -0.39 is 10.6 Å². The zero-order chi connectivity index (χ0) is 19.6. The van der Waals surface area contributed by atoms with Gasteiger partial charge in [-0.1, -0.05) is 18.2 Å². The normalized spacial score (nSPS) is 21.6. The summed E-state index contributed by atoms with van der Waals surface area (Å²) in [6, 6.07) is 9.28. The summed E-state index contributed by atoms with van der Waals surface area (Å²) in [7, 11) is 3.54. The van der Waals surface area contributed by atoms with Gasteiger partial charge < -0.3 is 14.4 Å². The number of likely N-dealkylation sites (N-methyl/N-ethyl adjacent to an activating group) is 1. The Morgan fingerprint density at radius 2 is 1.96 bits per heavy atom. The Kier molecular flexibility index (Phi) is 3.54. The maximum atomic E-state index is 11.5. The van der Waals surface area contributed by atoms with Crippen LogP contribution in [0.3, 0.4) is 0 Å². The van der Waals surface area contributed by atoms with Crippen molar-refractivity contribution in [1.82, 2.24) is 0 Å². The number of methoxy groups -OCH3 is 1. The van der Waals surface area contributed by atoms with Gasteiger partial charge in [-0.25, -0.2) is 0 Å². The summed E-state index contributed by atoms with van der Waals surface area (Å²) in [5.74, 6) is 0.885. The minimum atomic E-state index is -0.809. The average molecular weight is 366 g/mol. The van der Waals surface area contributed by atoms with E-state index in [1.54, 1.807) is 12.1 Å². The van der Waals surface area contributed by atoms with Crippen LogP contribution in [-0.4, -0.2) is 24.8 Å². The Labute approximate surface area is 158 Å².